The molecule has 2 fully saturated rings. The van der Waals surface area contributed by atoms with Crippen molar-refractivity contribution >= 4 is 34.9 Å². The number of hydrogen-bond acceptors (Lipinski definition) is 12. The fraction of sp³-hybridized carbons (Fsp3) is 0.536. The molecule has 1 saturated carbocycles. The van der Waals surface area contributed by atoms with Crippen molar-refractivity contribution in [3.63, 3.8) is 0 Å². The van der Waals surface area contributed by atoms with Crippen LogP contribution in [-0.2, 0) is 16.6 Å². The largest absolute Gasteiger partial charge is 0.473 e. The number of rotatable bonds is 7. The van der Waals surface area contributed by atoms with Crippen LogP contribution in [0.5, 0.6) is 5.88 Å². The van der Waals surface area contributed by atoms with Crippen LogP contribution in [-0.4, -0.2) is 68.5 Å². The Balaban J connectivity index is 1.38. The number of hydrogen-bond donors (Lipinski definition) is 1. The van der Waals surface area contributed by atoms with Crippen LogP contribution in [0.4, 0.5) is 5.82 Å². The van der Waals surface area contributed by atoms with Gasteiger partial charge in [-0.1, -0.05) is 11.6 Å². The van der Waals surface area contributed by atoms with Crippen molar-refractivity contribution in [2.24, 2.45) is 15.9 Å². The number of carbonyl (C=O) groups excluding carboxylic acids is 1. The molecular weight excluding hydrogens is 528 g/mol. The highest BCUT2D eigenvalue weighted by Crippen LogP contribution is 2.47. The van der Waals surface area contributed by atoms with Crippen molar-refractivity contribution in [3.8, 4) is 17.4 Å². The first-order valence-electron chi connectivity index (χ1n) is 14.0. The quantitative estimate of drug-likeness (QED) is 0.254. The van der Waals surface area contributed by atoms with Gasteiger partial charge in [-0.25, -0.2) is 9.98 Å². The molecule has 3 atom stereocenters. The second kappa shape index (κ2) is 11.2. The van der Waals surface area contributed by atoms with E-state index in [1.54, 1.807) is 24.0 Å². The number of ether oxygens (including phenoxy) is 1. The lowest BCUT2D eigenvalue weighted by molar-refractivity contribution is -0.128. The number of ketones is 1. The Morgan fingerprint density at radius 2 is 2.15 bits per heavy atom. The number of thiazole rings is 1. The Kier molecular flexibility index (Phi) is 7.45. The van der Waals surface area contributed by atoms with Gasteiger partial charge in [-0.3, -0.25) is 14.7 Å². The van der Waals surface area contributed by atoms with Gasteiger partial charge in [-0.15, -0.1) is 11.3 Å². The predicted molar refractivity (Wildman–Crippen MR) is 152 cm³/mol. The van der Waals surface area contributed by atoms with E-state index in [0.29, 0.717) is 47.2 Å². The summed E-state index contributed by atoms with van der Waals surface area (Å²) in [6.45, 7) is 3.11. The Labute approximate surface area is 236 Å². The van der Waals surface area contributed by atoms with Crippen molar-refractivity contribution < 1.29 is 14.1 Å². The monoisotopic (exact) mass is 562 g/mol. The van der Waals surface area contributed by atoms with Gasteiger partial charge in [-0.2, -0.15) is 10.1 Å². The molecule has 2 N–H and O–H groups in total. The van der Waals surface area contributed by atoms with Crippen LogP contribution in [0, 0.1) is 0 Å². The van der Waals surface area contributed by atoms with Crippen LogP contribution in [0.3, 0.4) is 0 Å². The molecule has 11 nitrogen and oxygen atoms in total. The molecule has 0 bridgehead atoms. The molecule has 4 heterocycles. The first-order valence-corrected chi connectivity index (χ1v) is 14.9. The van der Waals surface area contributed by atoms with E-state index >= 15 is 0 Å². The summed E-state index contributed by atoms with van der Waals surface area (Å²) in [6.07, 6.45) is 11.2. The number of likely N-dealkylation sites (N-methyl/N-ethyl adjacent to an activating group) is 1. The number of fused-ring (bicyclic) bond motifs is 2. The third-order valence-corrected chi connectivity index (χ3v) is 9.31. The average Bonchev–Trinajstić information content (AvgIpc) is 3.72. The lowest BCUT2D eigenvalue weighted by Crippen LogP contribution is -2.41. The molecule has 0 unspecified atom stereocenters. The Morgan fingerprint density at radius 3 is 2.90 bits per heavy atom. The summed E-state index contributed by atoms with van der Waals surface area (Å²) < 4.78 is 12.3. The molecule has 0 aromatic carbocycles. The Morgan fingerprint density at radius 1 is 1.27 bits per heavy atom. The van der Waals surface area contributed by atoms with Crippen molar-refractivity contribution in [3.05, 3.63) is 34.0 Å². The lowest BCUT2D eigenvalue weighted by Gasteiger charge is -2.36. The molecule has 2 aliphatic carbocycles. The SMILES string of the molecule is C[C@H](Oc1cc(N=CC(=NN)c2cncs2)nc(-c2noc3c2CCC[C@@]32CCCCC2=O)n1)[C@@H]1CCCN1C. The van der Waals surface area contributed by atoms with E-state index in [2.05, 4.69) is 39.1 Å². The summed E-state index contributed by atoms with van der Waals surface area (Å²) in [5.41, 5.74) is 3.10. The molecule has 3 aliphatic rings. The van der Waals surface area contributed by atoms with Gasteiger partial charge in [0, 0.05) is 30.3 Å². The molecular formula is C28H34N8O3S. The molecule has 210 valence electrons. The first-order chi connectivity index (χ1) is 19.5. The minimum atomic E-state index is -0.574. The maximum absolute atomic E-state index is 13.1. The number of carbonyl (C=O) groups is 1. The van der Waals surface area contributed by atoms with Crippen molar-refractivity contribution in [2.75, 3.05) is 13.6 Å². The van der Waals surface area contributed by atoms with Crippen LogP contribution < -0.4 is 10.6 Å². The number of aromatic nitrogens is 4. The standard InChI is InChI=1S/C28H34N8O3S/c1-17(20-8-6-12-36(20)2)38-24-13-23(31-14-19(34-29)21-15-30-16-40-21)32-27(33-24)25-18-7-5-11-28(26(18)39-35-25)10-4-3-9-22(28)37/h13-17,20H,3-12,29H2,1-2H3/t17-,20-,28+/m0/s1. The predicted octanol–water partition coefficient (Wildman–Crippen LogP) is 4.23. The molecule has 40 heavy (non-hydrogen) atoms. The summed E-state index contributed by atoms with van der Waals surface area (Å²) in [5.74, 6) is 7.75. The highest BCUT2D eigenvalue weighted by molar-refractivity contribution is 7.12. The molecule has 3 aromatic heterocycles. The number of likely N-dealkylation sites (tertiary alicyclic amines) is 1. The molecule has 12 heteroatoms. The maximum Gasteiger partial charge on any atom is 0.219 e. The van der Waals surface area contributed by atoms with E-state index in [-0.39, 0.29) is 11.9 Å². The zero-order valence-electron chi connectivity index (χ0n) is 22.9. The molecule has 1 spiro atoms. The maximum atomic E-state index is 13.1. The molecule has 1 saturated heterocycles. The second-order valence-electron chi connectivity index (χ2n) is 10.9. The van der Waals surface area contributed by atoms with Crippen LogP contribution in [0.25, 0.3) is 11.5 Å². The van der Waals surface area contributed by atoms with Crippen LogP contribution in [0.1, 0.15) is 74.5 Å². The normalized spacial score (nSPS) is 24.6. The average molecular weight is 563 g/mol. The van der Waals surface area contributed by atoms with Gasteiger partial charge in [0.1, 0.15) is 17.6 Å². The van der Waals surface area contributed by atoms with Gasteiger partial charge in [0.2, 0.25) is 5.88 Å². The van der Waals surface area contributed by atoms with E-state index in [9.17, 15) is 4.79 Å². The van der Waals surface area contributed by atoms with Gasteiger partial charge >= 0.3 is 0 Å². The van der Waals surface area contributed by atoms with Gasteiger partial charge in [0.05, 0.1) is 22.0 Å². The number of aliphatic imine (C=N–C) groups is 1. The first kappa shape index (κ1) is 26.7. The fourth-order valence-corrected chi connectivity index (χ4v) is 7.03. The summed E-state index contributed by atoms with van der Waals surface area (Å²) in [4.78, 5) is 34.4. The molecule has 6 rings (SSSR count). The van der Waals surface area contributed by atoms with E-state index in [1.165, 1.54) is 11.3 Å². The van der Waals surface area contributed by atoms with Crippen molar-refractivity contribution in [1.82, 2.24) is 25.0 Å². The van der Waals surface area contributed by atoms with E-state index in [1.807, 2.05) is 0 Å². The highest BCUT2D eigenvalue weighted by atomic mass is 32.1. The molecule has 0 radical (unpaired) electrons. The molecule has 3 aromatic rings. The third kappa shape index (κ3) is 4.94. The zero-order chi connectivity index (χ0) is 27.7. The van der Waals surface area contributed by atoms with Crippen molar-refractivity contribution in [1.29, 1.82) is 0 Å². The number of nitrogens with zero attached hydrogens (tertiary/aromatic N) is 7. The smallest absolute Gasteiger partial charge is 0.219 e. The number of Topliss-reactive ketones (excluding diaryl/α,β-unsaturated/α-hetero) is 1. The van der Waals surface area contributed by atoms with E-state index < -0.39 is 5.41 Å². The van der Waals surface area contributed by atoms with Gasteiger partial charge in [-0.05, 0) is 65.5 Å². The van der Waals surface area contributed by atoms with Crippen LogP contribution in [0.2, 0.25) is 0 Å². The Bertz CT molecular complexity index is 1440. The fourth-order valence-electron chi connectivity index (χ4n) is 6.44. The number of nitrogens with two attached hydrogens (primary N) is 1. The summed E-state index contributed by atoms with van der Waals surface area (Å²) in [6, 6.07) is 2.01. The van der Waals surface area contributed by atoms with Gasteiger partial charge < -0.3 is 15.1 Å². The minimum Gasteiger partial charge on any atom is -0.473 e. The zero-order valence-corrected chi connectivity index (χ0v) is 23.7. The van der Waals surface area contributed by atoms with Crippen molar-refractivity contribution in [2.45, 2.75) is 82.3 Å². The highest BCUT2D eigenvalue weighted by Gasteiger charge is 2.48. The minimum absolute atomic E-state index is 0.0835. The molecule has 0 amide bonds. The number of hydrazone groups is 1. The molecule has 1 aliphatic heterocycles. The topological polar surface area (TPSA) is 145 Å². The van der Waals surface area contributed by atoms with Crippen LogP contribution in [0.15, 0.2) is 32.4 Å². The summed E-state index contributed by atoms with van der Waals surface area (Å²) in [5, 5.41) is 8.30. The van der Waals surface area contributed by atoms with E-state index in [0.717, 1.165) is 68.4 Å². The third-order valence-electron chi connectivity index (χ3n) is 8.51. The van der Waals surface area contributed by atoms with E-state index in [4.69, 9.17) is 25.1 Å². The lowest BCUT2D eigenvalue weighted by atomic mass is 9.64. The Hall–Kier alpha value is -3.51. The summed E-state index contributed by atoms with van der Waals surface area (Å²) in [7, 11) is 2.12. The van der Waals surface area contributed by atoms with Gasteiger partial charge in [0.15, 0.2) is 23.1 Å². The second-order valence-corrected chi connectivity index (χ2v) is 11.8. The summed E-state index contributed by atoms with van der Waals surface area (Å²) >= 11 is 1.42. The van der Waals surface area contributed by atoms with Gasteiger partial charge in [0.25, 0.3) is 0 Å². The van der Waals surface area contributed by atoms with Crippen LogP contribution >= 0.6 is 11.3 Å².